The number of thiocarbonyl (C=S) groups is 1. The minimum Gasteiger partial charge on any atom is -0.497 e. The molecule has 2 heterocycles. The van der Waals surface area contributed by atoms with Gasteiger partial charge in [0.15, 0.2) is 5.11 Å². The van der Waals surface area contributed by atoms with Gasteiger partial charge < -0.3 is 10.1 Å². The van der Waals surface area contributed by atoms with Crippen molar-refractivity contribution in [2.75, 3.05) is 7.11 Å². The van der Waals surface area contributed by atoms with Gasteiger partial charge in [0.2, 0.25) is 0 Å². The van der Waals surface area contributed by atoms with Crippen LogP contribution in [0.15, 0.2) is 30.0 Å². The van der Waals surface area contributed by atoms with Crippen molar-refractivity contribution >= 4 is 51.8 Å². The van der Waals surface area contributed by atoms with E-state index in [1.807, 2.05) is 24.3 Å². The molecular weight excluding hydrogens is 310 g/mol. The highest BCUT2D eigenvalue weighted by atomic mass is 35.5. The molecule has 0 saturated carbocycles. The molecule has 1 aliphatic heterocycles. The number of nitrogens with zero attached hydrogens (tertiary/aromatic N) is 1. The number of amides is 1. The van der Waals surface area contributed by atoms with Crippen LogP contribution in [0.2, 0.25) is 5.15 Å². The van der Waals surface area contributed by atoms with E-state index in [-0.39, 0.29) is 11.0 Å². The molecule has 1 aromatic heterocycles. The number of halogens is 1. The summed E-state index contributed by atoms with van der Waals surface area (Å²) in [4.78, 5) is 16.0. The zero-order valence-electron chi connectivity index (χ0n) is 10.9. The SMILES string of the molecule is COc1ccc2nc(Cl)c(/C=C3\NC(=S)NC3=O)cc2c1. The van der Waals surface area contributed by atoms with Gasteiger partial charge in [-0.15, -0.1) is 0 Å². The Bertz CT molecular complexity index is 804. The quantitative estimate of drug-likeness (QED) is 0.505. The third-order valence-electron chi connectivity index (χ3n) is 3.02. The number of aromatic nitrogens is 1. The van der Waals surface area contributed by atoms with Gasteiger partial charge >= 0.3 is 0 Å². The fourth-order valence-corrected chi connectivity index (χ4v) is 2.42. The van der Waals surface area contributed by atoms with E-state index in [0.717, 1.165) is 16.7 Å². The summed E-state index contributed by atoms with van der Waals surface area (Å²) < 4.78 is 5.19. The molecule has 1 aliphatic rings. The zero-order chi connectivity index (χ0) is 15.0. The maximum absolute atomic E-state index is 11.7. The van der Waals surface area contributed by atoms with E-state index >= 15 is 0 Å². The predicted octanol–water partition coefficient (Wildman–Crippen LogP) is 2.24. The van der Waals surface area contributed by atoms with Gasteiger partial charge in [-0.05, 0) is 42.6 Å². The van der Waals surface area contributed by atoms with Crippen molar-refractivity contribution in [2.24, 2.45) is 0 Å². The van der Waals surface area contributed by atoms with Crippen LogP contribution in [0.25, 0.3) is 17.0 Å². The molecule has 0 spiro atoms. The van der Waals surface area contributed by atoms with Gasteiger partial charge in [-0.3, -0.25) is 10.1 Å². The molecule has 2 N–H and O–H groups in total. The van der Waals surface area contributed by atoms with E-state index in [9.17, 15) is 4.79 Å². The molecular formula is C14H10ClN3O2S. The van der Waals surface area contributed by atoms with Crippen LogP contribution in [-0.4, -0.2) is 23.1 Å². The molecule has 1 saturated heterocycles. The van der Waals surface area contributed by atoms with Crippen LogP contribution in [0.3, 0.4) is 0 Å². The third-order valence-corrected chi connectivity index (χ3v) is 3.53. The first kappa shape index (κ1) is 13.8. The van der Waals surface area contributed by atoms with Crippen LogP contribution in [0.1, 0.15) is 5.56 Å². The van der Waals surface area contributed by atoms with Gasteiger partial charge in [-0.25, -0.2) is 4.98 Å². The van der Waals surface area contributed by atoms with E-state index < -0.39 is 0 Å². The molecule has 106 valence electrons. The summed E-state index contributed by atoms with van der Waals surface area (Å²) in [7, 11) is 1.60. The van der Waals surface area contributed by atoms with Crippen LogP contribution in [0.5, 0.6) is 5.75 Å². The Balaban J connectivity index is 2.10. The molecule has 1 aromatic carbocycles. The molecule has 7 heteroatoms. The first-order valence-electron chi connectivity index (χ1n) is 6.05. The topological polar surface area (TPSA) is 63.2 Å². The van der Waals surface area contributed by atoms with E-state index in [1.54, 1.807) is 13.2 Å². The molecule has 0 unspecified atom stereocenters. The Morgan fingerprint density at radius 3 is 2.81 bits per heavy atom. The number of hydrogen-bond donors (Lipinski definition) is 2. The Kier molecular flexibility index (Phi) is 3.48. The minimum absolute atomic E-state index is 0.276. The van der Waals surface area contributed by atoms with Crippen molar-refractivity contribution in [3.8, 4) is 5.75 Å². The fourth-order valence-electron chi connectivity index (χ4n) is 2.01. The third kappa shape index (κ3) is 2.68. The molecule has 21 heavy (non-hydrogen) atoms. The summed E-state index contributed by atoms with van der Waals surface area (Å²) in [6.07, 6.45) is 1.61. The van der Waals surface area contributed by atoms with E-state index in [4.69, 9.17) is 28.6 Å². The number of nitrogens with one attached hydrogen (secondary N) is 2. The lowest BCUT2D eigenvalue weighted by atomic mass is 10.1. The second kappa shape index (κ2) is 5.31. The molecule has 2 aromatic rings. The first-order chi connectivity index (χ1) is 10.1. The number of pyridine rings is 1. The van der Waals surface area contributed by atoms with Crippen molar-refractivity contribution in [3.05, 3.63) is 40.7 Å². The van der Waals surface area contributed by atoms with Crippen molar-refractivity contribution in [1.29, 1.82) is 0 Å². The second-order valence-corrected chi connectivity index (χ2v) is 5.16. The molecule has 0 radical (unpaired) electrons. The van der Waals surface area contributed by atoms with Crippen molar-refractivity contribution in [2.45, 2.75) is 0 Å². The van der Waals surface area contributed by atoms with Crippen LogP contribution < -0.4 is 15.4 Å². The largest absolute Gasteiger partial charge is 0.497 e. The maximum Gasteiger partial charge on any atom is 0.273 e. The number of ether oxygens (including phenoxy) is 1. The lowest BCUT2D eigenvalue weighted by molar-refractivity contribution is -0.115. The molecule has 5 nitrogen and oxygen atoms in total. The van der Waals surface area contributed by atoms with E-state index in [2.05, 4.69) is 15.6 Å². The summed E-state index contributed by atoms with van der Waals surface area (Å²) in [6, 6.07) is 7.34. The first-order valence-corrected chi connectivity index (χ1v) is 6.84. The van der Waals surface area contributed by atoms with E-state index in [0.29, 0.717) is 16.4 Å². The number of carbonyl (C=O) groups excluding carboxylic acids is 1. The second-order valence-electron chi connectivity index (χ2n) is 4.39. The van der Waals surface area contributed by atoms with Crippen LogP contribution in [-0.2, 0) is 4.79 Å². The number of fused-ring (bicyclic) bond motifs is 1. The minimum atomic E-state index is -0.290. The molecule has 1 fully saturated rings. The fraction of sp³-hybridized carbons (Fsp3) is 0.0714. The number of carbonyl (C=O) groups is 1. The summed E-state index contributed by atoms with van der Waals surface area (Å²) in [5.41, 5.74) is 1.72. The molecule has 1 amide bonds. The predicted molar refractivity (Wildman–Crippen MR) is 85.2 cm³/mol. The highest BCUT2D eigenvalue weighted by Gasteiger charge is 2.20. The Morgan fingerprint density at radius 1 is 1.33 bits per heavy atom. The van der Waals surface area contributed by atoms with Crippen molar-refractivity contribution < 1.29 is 9.53 Å². The summed E-state index contributed by atoms with van der Waals surface area (Å²) in [5.74, 6) is 0.435. The average Bonchev–Trinajstić information content (AvgIpc) is 2.77. The van der Waals surface area contributed by atoms with Gasteiger partial charge in [0.25, 0.3) is 5.91 Å². The number of hydrogen-bond acceptors (Lipinski definition) is 4. The average molecular weight is 320 g/mol. The summed E-state index contributed by atoms with van der Waals surface area (Å²) in [5, 5.41) is 6.72. The molecule has 0 atom stereocenters. The van der Waals surface area contributed by atoms with Gasteiger partial charge in [-0.1, -0.05) is 11.6 Å². The Labute approximate surface area is 130 Å². The van der Waals surface area contributed by atoms with Gasteiger partial charge in [-0.2, -0.15) is 0 Å². The molecule has 3 rings (SSSR count). The highest BCUT2D eigenvalue weighted by Crippen LogP contribution is 2.25. The number of benzene rings is 1. The van der Waals surface area contributed by atoms with E-state index in [1.165, 1.54) is 0 Å². The smallest absolute Gasteiger partial charge is 0.273 e. The van der Waals surface area contributed by atoms with Crippen LogP contribution >= 0.6 is 23.8 Å². The van der Waals surface area contributed by atoms with Crippen LogP contribution in [0.4, 0.5) is 0 Å². The molecule has 0 bridgehead atoms. The zero-order valence-corrected chi connectivity index (χ0v) is 12.5. The summed E-state index contributed by atoms with van der Waals surface area (Å²) in [6.45, 7) is 0. The maximum atomic E-state index is 11.7. The standard InChI is InChI=1S/C14H10ClN3O2S/c1-20-9-2-3-10-7(5-9)4-8(12(15)16-10)6-11-13(19)18-14(21)17-11/h2-6H,1H3,(H2,17,18,19,21)/b11-6-. The lowest BCUT2D eigenvalue weighted by Gasteiger charge is -2.05. The Morgan fingerprint density at radius 2 is 2.14 bits per heavy atom. The highest BCUT2D eigenvalue weighted by molar-refractivity contribution is 7.80. The van der Waals surface area contributed by atoms with Gasteiger partial charge in [0.1, 0.15) is 16.6 Å². The lowest BCUT2D eigenvalue weighted by Crippen LogP contribution is -2.21. The van der Waals surface area contributed by atoms with Gasteiger partial charge in [0.05, 0.1) is 12.6 Å². The monoisotopic (exact) mass is 319 g/mol. The normalized spacial score (nSPS) is 16.2. The van der Waals surface area contributed by atoms with Gasteiger partial charge in [0, 0.05) is 10.9 Å². The number of methoxy groups -OCH3 is 1. The number of rotatable bonds is 2. The summed E-state index contributed by atoms with van der Waals surface area (Å²) >= 11 is 11.0. The van der Waals surface area contributed by atoms with Crippen molar-refractivity contribution in [3.63, 3.8) is 0 Å². The van der Waals surface area contributed by atoms with Crippen molar-refractivity contribution in [1.82, 2.24) is 15.6 Å². The molecule has 0 aliphatic carbocycles. The van der Waals surface area contributed by atoms with Crippen LogP contribution in [0, 0.1) is 0 Å². The Hall–Kier alpha value is -2.18.